The molecule has 0 aliphatic carbocycles. The molecule has 0 aliphatic rings. The zero-order chi connectivity index (χ0) is 14.0. The van der Waals surface area contributed by atoms with Gasteiger partial charge in [0.05, 0.1) is 0 Å². The van der Waals surface area contributed by atoms with Gasteiger partial charge in [-0.3, -0.25) is 0 Å². The highest BCUT2D eigenvalue weighted by Gasteiger charge is 2.14. The lowest BCUT2D eigenvalue weighted by molar-refractivity contribution is 0.0732. The van der Waals surface area contributed by atoms with Crippen LogP contribution in [0.3, 0.4) is 0 Å². The number of phenolic OH excluding ortho intramolecular Hbond substituents is 2. The van der Waals surface area contributed by atoms with Crippen LogP contribution in [0.5, 0.6) is 17.2 Å². The molecule has 0 atom stereocenters. The van der Waals surface area contributed by atoms with Gasteiger partial charge in [-0.1, -0.05) is 23.2 Å². The molecule has 0 aliphatic heterocycles. The molecule has 0 heterocycles. The first-order chi connectivity index (χ1) is 8.95. The van der Waals surface area contributed by atoms with Crippen LogP contribution in [-0.2, 0) is 0 Å². The molecule has 4 nitrogen and oxygen atoms in total. The fourth-order valence-corrected chi connectivity index (χ4v) is 1.95. The van der Waals surface area contributed by atoms with Gasteiger partial charge >= 0.3 is 5.97 Å². The number of halogens is 2. The van der Waals surface area contributed by atoms with Crippen molar-refractivity contribution in [3.8, 4) is 17.2 Å². The molecule has 98 valence electrons. The summed E-state index contributed by atoms with van der Waals surface area (Å²) in [7, 11) is 0. The molecule has 0 aromatic heterocycles. The third-order valence-corrected chi connectivity index (χ3v) is 2.68. The SMILES string of the molecule is O=C(Oc1cc(Cl)cc(Cl)c1)c1ccc(O)cc1O. The van der Waals surface area contributed by atoms with Crippen molar-refractivity contribution in [2.75, 3.05) is 0 Å². The Bertz CT molecular complexity index is 620. The Labute approximate surface area is 118 Å². The Morgan fingerprint density at radius 1 is 1.00 bits per heavy atom. The predicted molar refractivity (Wildman–Crippen MR) is 71.2 cm³/mol. The second-order valence-corrected chi connectivity index (χ2v) is 4.57. The van der Waals surface area contributed by atoms with Gasteiger partial charge in [0, 0.05) is 16.1 Å². The Balaban J connectivity index is 2.25. The van der Waals surface area contributed by atoms with Gasteiger partial charge in [-0.25, -0.2) is 4.79 Å². The van der Waals surface area contributed by atoms with Crippen LogP contribution in [0.4, 0.5) is 0 Å². The molecule has 6 heteroatoms. The molecule has 0 saturated heterocycles. The predicted octanol–water partition coefficient (Wildman–Crippen LogP) is 3.62. The van der Waals surface area contributed by atoms with E-state index in [1.54, 1.807) is 0 Å². The molecule has 0 spiro atoms. The summed E-state index contributed by atoms with van der Waals surface area (Å²) in [5.74, 6) is -1.15. The van der Waals surface area contributed by atoms with Crippen LogP contribution in [0.25, 0.3) is 0 Å². The summed E-state index contributed by atoms with van der Waals surface area (Å²) >= 11 is 11.5. The molecule has 0 radical (unpaired) electrons. The van der Waals surface area contributed by atoms with Crippen LogP contribution < -0.4 is 4.74 Å². The maximum absolute atomic E-state index is 11.8. The molecule has 2 N–H and O–H groups in total. The monoisotopic (exact) mass is 298 g/mol. The van der Waals surface area contributed by atoms with E-state index in [1.807, 2.05) is 0 Å². The number of rotatable bonds is 2. The van der Waals surface area contributed by atoms with E-state index in [-0.39, 0.29) is 22.8 Å². The highest BCUT2D eigenvalue weighted by molar-refractivity contribution is 6.34. The van der Waals surface area contributed by atoms with E-state index >= 15 is 0 Å². The molecule has 2 aromatic rings. The molecule has 0 amide bonds. The number of ether oxygens (including phenoxy) is 1. The lowest BCUT2D eigenvalue weighted by Crippen LogP contribution is -2.08. The van der Waals surface area contributed by atoms with Crippen molar-refractivity contribution in [3.63, 3.8) is 0 Å². The first kappa shape index (κ1) is 13.5. The molecular weight excluding hydrogens is 291 g/mol. The fourth-order valence-electron chi connectivity index (χ4n) is 1.44. The van der Waals surface area contributed by atoms with Gasteiger partial charge in [0.25, 0.3) is 0 Å². The summed E-state index contributed by atoms with van der Waals surface area (Å²) in [6.07, 6.45) is 0. The summed E-state index contributed by atoms with van der Waals surface area (Å²) in [6, 6.07) is 7.89. The Kier molecular flexibility index (Phi) is 3.83. The van der Waals surface area contributed by atoms with Crippen molar-refractivity contribution in [2.45, 2.75) is 0 Å². The number of aromatic hydroxyl groups is 2. The van der Waals surface area contributed by atoms with Crippen LogP contribution in [-0.4, -0.2) is 16.2 Å². The molecule has 19 heavy (non-hydrogen) atoms. The molecule has 0 unspecified atom stereocenters. The minimum absolute atomic E-state index is 0.0751. The minimum atomic E-state index is -0.782. The number of phenols is 2. The third kappa shape index (κ3) is 3.30. The number of benzene rings is 2. The van der Waals surface area contributed by atoms with Crippen molar-refractivity contribution in [3.05, 3.63) is 52.0 Å². The van der Waals surface area contributed by atoms with Crippen molar-refractivity contribution in [1.82, 2.24) is 0 Å². The molecule has 0 saturated carbocycles. The smallest absolute Gasteiger partial charge is 0.347 e. The number of esters is 1. The second kappa shape index (κ2) is 5.38. The fraction of sp³-hybridized carbons (Fsp3) is 0. The van der Waals surface area contributed by atoms with Gasteiger partial charge in [0.15, 0.2) is 0 Å². The maximum atomic E-state index is 11.8. The first-order valence-corrected chi connectivity index (χ1v) is 5.91. The summed E-state index contributed by atoms with van der Waals surface area (Å²) < 4.78 is 5.03. The lowest BCUT2D eigenvalue weighted by atomic mass is 10.2. The number of carbonyl (C=O) groups excluding carboxylic acids is 1. The van der Waals surface area contributed by atoms with Crippen LogP contribution in [0, 0.1) is 0 Å². The Morgan fingerprint density at radius 3 is 2.21 bits per heavy atom. The average molecular weight is 299 g/mol. The molecule has 2 aromatic carbocycles. The van der Waals surface area contributed by atoms with Gasteiger partial charge in [0.1, 0.15) is 22.8 Å². The van der Waals surface area contributed by atoms with E-state index in [0.29, 0.717) is 10.0 Å². The van der Waals surface area contributed by atoms with Crippen molar-refractivity contribution in [2.24, 2.45) is 0 Å². The van der Waals surface area contributed by atoms with E-state index in [2.05, 4.69) is 0 Å². The highest BCUT2D eigenvalue weighted by Crippen LogP contribution is 2.27. The largest absolute Gasteiger partial charge is 0.508 e. The summed E-state index contributed by atoms with van der Waals surface area (Å²) in [6.45, 7) is 0. The van der Waals surface area contributed by atoms with E-state index in [9.17, 15) is 9.90 Å². The van der Waals surface area contributed by atoms with Crippen LogP contribution in [0.2, 0.25) is 10.0 Å². The van der Waals surface area contributed by atoms with Gasteiger partial charge in [-0.2, -0.15) is 0 Å². The molecule has 0 bridgehead atoms. The topological polar surface area (TPSA) is 66.8 Å². The molecular formula is C13H8Cl2O4. The Hall–Kier alpha value is -1.91. The maximum Gasteiger partial charge on any atom is 0.347 e. The summed E-state index contributed by atoms with van der Waals surface area (Å²) in [4.78, 5) is 11.8. The normalized spacial score (nSPS) is 10.2. The Morgan fingerprint density at radius 2 is 1.63 bits per heavy atom. The summed E-state index contributed by atoms with van der Waals surface area (Å²) in [5.41, 5.74) is -0.0751. The number of hydrogen-bond acceptors (Lipinski definition) is 4. The van der Waals surface area contributed by atoms with Crippen molar-refractivity contribution < 1.29 is 19.7 Å². The van der Waals surface area contributed by atoms with E-state index in [1.165, 1.54) is 30.3 Å². The second-order valence-electron chi connectivity index (χ2n) is 3.70. The molecule has 2 rings (SSSR count). The third-order valence-electron chi connectivity index (χ3n) is 2.25. The average Bonchev–Trinajstić information content (AvgIpc) is 2.26. The van der Waals surface area contributed by atoms with Gasteiger partial charge in [-0.05, 0) is 30.3 Å². The highest BCUT2D eigenvalue weighted by atomic mass is 35.5. The molecule has 0 fully saturated rings. The first-order valence-electron chi connectivity index (χ1n) is 5.16. The van der Waals surface area contributed by atoms with Crippen LogP contribution >= 0.6 is 23.2 Å². The van der Waals surface area contributed by atoms with Gasteiger partial charge < -0.3 is 14.9 Å². The van der Waals surface area contributed by atoms with E-state index < -0.39 is 5.97 Å². The van der Waals surface area contributed by atoms with Crippen LogP contribution in [0.15, 0.2) is 36.4 Å². The minimum Gasteiger partial charge on any atom is -0.508 e. The van der Waals surface area contributed by atoms with Crippen molar-refractivity contribution >= 4 is 29.2 Å². The summed E-state index contributed by atoms with van der Waals surface area (Å²) in [5, 5.41) is 19.3. The van der Waals surface area contributed by atoms with Crippen LogP contribution in [0.1, 0.15) is 10.4 Å². The van der Waals surface area contributed by atoms with Crippen molar-refractivity contribution in [1.29, 1.82) is 0 Å². The van der Waals surface area contributed by atoms with E-state index in [0.717, 1.165) is 6.07 Å². The lowest BCUT2D eigenvalue weighted by Gasteiger charge is -2.07. The zero-order valence-corrected chi connectivity index (χ0v) is 10.9. The van der Waals surface area contributed by atoms with Gasteiger partial charge in [0.2, 0.25) is 0 Å². The number of carbonyl (C=O) groups is 1. The standard InChI is InChI=1S/C13H8Cl2O4/c14-7-3-8(15)5-10(4-7)19-13(18)11-2-1-9(16)6-12(11)17/h1-6,16-17H. The quantitative estimate of drug-likeness (QED) is 0.656. The van der Waals surface area contributed by atoms with E-state index in [4.69, 9.17) is 33.0 Å². The number of hydrogen-bond donors (Lipinski definition) is 2. The zero-order valence-electron chi connectivity index (χ0n) is 9.43. The van der Waals surface area contributed by atoms with Gasteiger partial charge in [-0.15, -0.1) is 0 Å².